The first-order valence-electron chi connectivity index (χ1n) is 11.5. The minimum absolute atomic E-state index is 0.412. The van der Waals surface area contributed by atoms with Gasteiger partial charge in [0, 0.05) is 34.8 Å². The van der Waals surface area contributed by atoms with Crippen molar-refractivity contribution < 1.29 is 14.3 Å². The third-order valence-electron chi connectivity index (χ3n) is 6.38. The number of ether oxygens (including phenoxy) is 2. The first kappa shape index (κ1) is 21.1. The largest absolute Gasteiger partial charge is 0.497 e. The minimum Gasteiger partial charge on any atom is -0.497 e. The van der Waals surface area contributed by atoms with Gasteiger partial charge in [0.05, 0.1) is 18.2 Å². The van der Waals surface area contributed by atoms with Gasteiger partial charge in [-0.25, -0.2) is 14.8 Å². The topological polar surface area (TPSA) is 64.5 Å². The number of aryl methyl sites for hydroxylation is 1. The van der Waals surface area contributed by atoms with Gasteiger partial charge in [-0.3, -0.25) is 0 Å². The summed E-state index contributed by atoms with van der Waals surface area (Å²) in [7, 11) is 1.66. The Hall–Kier alpha value is -4.45. The van der Waals surface area contributed by atoms with Crippen molar-refractivity contribution in [3.63, 3.8) is 0 Å². The number of anilines is 2. The fraction of sp³-hybridized carbons (Fsp3) is 0.138. The molecule has 0 saturated heterocycles. The summed E-state index contributed by atoms with van der Waals surface area (Å²) in [5, 5.41) is 2.03. The number of rotatable bonds is 4. The van der Waals surface area contributed by atoms with E-state index in [1.807, 2.05) is 61.5 Å². The van der Waals surface area contributed by atoms with E-state index in [1.54, 1.807) is 25.3 Å². The summed E-state index contributed by atoms with van der Waals surface area (Å²) in [6, 6.07) is 25.1. The van der Waals surface area contributed by atoms with Crippen LogP contribution in [0.5, 0.6) is 11.5 Å². The standard InChI is InChI=1S/C29H23N3O3/c1-18-6-7-19-4-3-5-26(27(19)30-18)35-29(33)20-8-11-23(12-9-20)32-15-14-22-16-21-10-13-24(34-2)17-25(21)31-28(22)32/h3-13,16-17H,14-15H2,1-2H3. The number of methoxy groups -OCH3 is 1. The van der Waals surface area contributed by atoms with Gasteiger partial charge in [-0.15, -0.1) is 0 Å². The van der Waals surface area contributed by atoms with Gasteiger partial charge < -0.3 is 14.4 Å². The molecule has 5 aromatic rings. The number of benzene rings is 3. The van der Waals surface area contributed by atoms with Crippen LogP contribution in [-0.2, 0) is 6.42 Å². The lowest BCUT2D eigenvalue weighted by atomic mass is 10.1. The van der Waals surface area contributed by atoms with Crippen LogP contribution in [0.4, 0.5) is 11.5 Å². The molecule has 0 unspecified atom stereocenters. The Morgan fingerprint density at radius 2 is 1.74 bits per heavy atom. The fourth-order valence-corrected chi connectivity index (χ4v) is 4.55. The minimum atomic E-state index is -0.412. The molecule has 1 aliphatic rings. The molecular formula is C29H23N3O3. The second-order valence-electron chi connectivity index (χ2n) is 8.65. The van der Waals surface area contributed by atoms with Crippen LogP contribution in [0.2, 0.25) is 0 Å². The molecule has 0 radical (unpaired) electrons. The van der Waals surface area contributed by atoms with Crippen molar-refractivity contribution in [3.05, 3.63) is 95.7 Å². The lowest BCUT2D eigenvalue weighted by molar-refractivity contribution is 0.0737. The van der Waals surface area contributed by atoms with E-state index in [2.05, 4.69) is 16.0 Å². The number of pyridine rings is 2. The monoisotopic (exact) mass is 461 g/mol. The van der Waals surface area contributed by atoms with Crippen LogP contribution in [0.25, 0.3) is 21.8 Å². The van der Waals surface area contributed by atoms with E-state index < -0.39 is 5.97 Å². The van der Waals surface area contributed by atoms with Crippen molar-refractivity contribution in [1.82, 2.24) is 9.97 Å². The van der Waals surface area contributed by atoms with Crippen molar-refractivity contribution >= 4 is 39.3 Å². The normalized spacial score (nSPS) is 12.7. The van der Waals surface area contributed by atoms with E-state index in [1.165, 1.54) is 5.56 Å². The number of esters is 1. The third-order valence-corrected chi connectivity index (χ3v) is 6.38. The molecule has 172 valence electrons. The molecule has 0 fully saturated rings. The number of carbonyl (C=O) groups excluding carboxylic acids is 1. The van der Waals surface area contributed by atoms with E-state index in [9.17, 15) is 4.79 Å². The zero-order chi connectivity index (χ0) is 23.9. The number of fused-ring (bicyclic) bond motifs is 3. The SMILES string of the molecule is COc1ccc2cc3c(nc2c1)N(c1ccc(C(=O)Oc2cccc4ccc(C)nc24)cc1)CC3. The molecule has 35 heavy (non-hydrogen) atoms. The van der Waals surface area contributed by atoms with Gasteiger partial charge in [0.25, 0.3) is 0 Å². The molecular weight excluding hydrogens is 438 g/mol. The maximum Gasteiger partial charge on any atom is 0.343 e. The molecule has 0 bridgehead atoms. The molecule has 6 rings (SSSR count). The van der Waals surface area contributed by atoms with Crippen LogP contribution < -0.4 is 14.4 Å². The van der Waals surface area contributed by atoms with Crippen LogP contribution in [0.3, 0.4) is 0 Å². The van der Waals surface area contributed by atoms with Crippen molar-refractivity contribution in [2.45, 2.75) is 13.3 Å². The predicted octanol–water partition coefficient (Wildman–Crippen LogP) is 6.01. The number of para-hydroxylation sites is 1. The quantitative estimate of drug-likeness (QED) is 0.241. The number of aromatic nitrogens is 2. The smallest absolute Gasteiger partial charge is 0.343 e. The summed E-state index contributed by atoms with van der Waals surface area (Å²) in [5.41, 5.74) is 5.13. The highest BCUT2D eigenvalue weighted by Crippen LogP contribution is 2.36. The van der Waals surface area contributed by atoms with Crippen LogP contribution >= 0.6 is 0 Å². The lowest BCUT2D eigenvalue weighted by Gasteiger charge is -2.19. The highest BCUT2D eigenvalue weighted by atomic mass is 16.5. The molecule has 2 aromatic heterocycles. The van der Waals surface area contributed by atoms with E-state index in [0.29, 0.717) is 16.8 Å². The summed E-state index contributed by atoms with van der Waals surface area (Å²) in [4.78, 5) is 24.5. The third kappa shape index (κ3) is 3.83. The van der Waals surface area contributed by atoms with Gasteiger partial charge in [-0.05, 0) is 73.5 Å². The molecule has 0 saturated carbocycles. The van der Waals surface area contributed by atoms with Gasteiger partial charge >= 0.3 is 5.97 Å². The van der Waals surface area contributed by atoms with Crippen molar-refractivity contribution in [2.75, 3.05) is 18.6 Å². The highest BCUT2D eigenvalue weighted by Gasteiger charge is 2.23. The van der Waals surface area contributed by atoms with Crippen molar-refractivity contribution in [3.8, 4) is 11.5 Å². The second kappa shape index (κ2) is 8.40. The highest BCUT2D eigenvalue weighted by molar-refractivity contribution is 5.95. The van der Waals surface area contributed by atoms with Crippen molar-refractivity contribution in [2.24, 2.45) is 0 Å². The average Bonchev–Trinajstić information content (AvgIpc) is 3.30. The molecule has 0 atom stereocenters. The van der Waals surface area contributed by atoms with Gasteiger partial charge in [-0.1, -0.05) is 18.2 Å². The molecule has 3 aromatic carbocycles. The molecule has 0 N–H and O–H groups in total. The Morgan fingerprint density at radius 3 is 2.57 bits per heavy atom. The molecule has 6 heteroatoms. The summed E-state index contributed by atoms with van der Waals surface area (Å²) < 4.78 is 11.1. The average molecular weight is 462 g/mol. The number of hydrogen-bond acceptors (Lipinski definition) is 6. The summed E-state index contributed by atoms with van der Waals surface area (Å²) >= 11 is 0. The fourth-order valence-electron chi connectivity index (χ4n) is 4.55. The number of nitrogens with zero attached hydrogens (tertiary/aromatic N) is 3. The Balaban J connectivity index is 1.26. The Labute approximate surface area is 202 Å². The van der Waals surface area contributed by atoms with Gasteiger partial charge in [0.2, 0.25) is 0 Å². The first-order valence-corrected chi connectivity index (χ1v) is 11.5. The van der Waals surface area contributed by atoms with E-state index in [0.717, 1.165) is 52.2 Å². The zero-order valence-corrected chi connectivity index (χ0v) is 19.5. The molecule has 0 amide bonds. The predicted molar refractivity (Wildman–Crippen MR) is 137 cm³/mol. The first-order chi connectivity index (χ1) is 17.1. The molecule has 3 heterocycles. The van der Waals surface area contributed by atoms with E-state index in [4.69, 9.17) is 14.5 Å². The molecule has 0 aliphatic carbocycles. The second-order valence-corrected chi connectivity index (χ2v) is 8.65. The summed E-state index contributed by atoms with van der Waals surface area (Å²) in [5.74, 6) is 1.78. The Kier molecular flexibility index (Phi) is 5.07. The Bertz CT molecular complexity index is 1600. The maximum absolute atomic E-state index is 12.9. The van der Waals surface area contributed by atoms with Gasteiger partial charge in [0.15, 0.2) is 5.75 Å². The Morgan fingerprint density at radius 1 is 0.914 bits per heavy atom. The summed E-state index contributed by atoms with van der Waals surface area (Å²) in [6.45, 7) is 2.75. The van der Waals surface area contributed by atoms with E-state index >= 15 is 0 Å². The molecule has 6 nitrogen and oxygen atoms in total. The van der Waals surface area contributed by atoms with Crippen LogP contribution in [0.1, 0.15) is 21.6 Å². The number of hydrogen-bond donors (Lipinski definition) is 0. The zero-order valence-electron chi connectivity index (χ0n) is 19.5. The van der Waals surface area contributed by atoms with Crippen molar-refractivity contribution in [1.29, 1.82) is 0 Å². The lowest BCUT2D eigenvalue weighted by Crippen LogP contribution is -2.15. The molecule has 1 aliphatic heterocycles. The molecule has 0 spiro atoms. The number of carbonyl (C=O) groups is 1. The maximum atomic E-state index is 12.9. The van der Waals surface area contributed by atoms with Crippen LogP contribution in [0, 0.1) is 6.92 Å². The van der Waals surface area contributed by atoms with Gasteiger partial charge in [-0.2, -0.15) is 0 Å². The van der Waals surface area contributed by atoms with Crippen LogP contribution in [-0.4, -0.2) is 29.6 Å². The van der Waals surface area contributed by atoms with Gasteiger partial charge in [0.1, 0.15) is 17.1 Å². The summed E-state index contributed by atoms with van der Waals surface area (Å²) in [6.07, 6.45) is 0.918. The van der Waals surface area contributed by atoms with E-state index in [-0.39, 0.29) is 0 Å². The van der Waals surface area contributed by atoms with Crippen LogP contribution in [0.15, 0.2) is 78.9 Å².